The van der Waals surface area contributed by atoms with E-state index in [1.54, 1.807) is 21.6 Å². The molecule has 7 heteroatoms. The van der Waals surface area contributed by atoms with Crippen molar-refractivity contribution in [2.24, 2.45) is 0 Å². The van der Waals surface area contributed by atoms with E-state index in [0.717, 1.165) is 11.4 Å². The van der Waals surface area contributed by atoms with Gasteiger partial charge in [0.15, 0.2) is 5.65 Å². The first-order chi connectivity index (χ1) is 10.5. The average Bonchev–Trinajstić information content (AvgIpc) is 3.07. The molecule has 0 aliphatic rings. The van der Waals surface area contributed by atoms with Gasteiger partial charge >= 0.3 is 0 Å². The molecule has 114 valence electrons. The Kier molecular flexibility index (Phi) is 3.62. The molecule has 1 amide bonds. The van der Waals surface area contributed by atoms with Gasteiger partial charge in [0.05, 0.1) is 12.7 Å². The molecule has 1 unspecified atom stereocenters. The van der Waals surface area contributed by atoms with Gasteiger partial charge in [0.1, 0.15) is 5.56 Å². The molecule has 1 N–H and O–H groups in total. The van der Waals surface area contributed by atoms with Crippen LogP contribution in [0.1, 0.15) is 28.7 Å². The Balaban J connectivity index is 1.80. The molecule has 7 nitrogen and oxygen atoms in total. The molecule has 0 saturated carbocycles. The van der Waals surface area contributed by atoms with Crippen molar-refractivity contribution in [2.45, 2.75) is 33.4 Å². The van der Waals surface area contributed by atoms with Crippen molar-refractivity contribution in [3.8, 4) is 0 Å². The Labute approximate surface area is 128 Å². The van der Waals surface area contributed by atoms with E-state index in [0.29, 0.717) is 17.8 Å². The highest BCUT2D eigenvalue weighted by atomic mass is 16.1. The van der Waals surface area contributed by atoms with Gasteiger partial charge in [-0.3, -0.25) is 9.48 Å². The van der Waals surface area contributed by atoms with Gasteiger partial charge in [-0.1, -0.05) is 0 Å². The van der Waals surface area contributed by atoms with Crippen LogP contribution >= 0.6 is 0 Å². The minimum Gasteiger partial charge on any atom is -0.348 e. The van der Waals surface area contributed by atoms with Crippen LogP contribution in [0.4, 0.5) is 0 Å². The van der Waals surface area contributed by atoms with Crippen LogP contribution in [0, 0.1) is 13.8 Å². The number of carbonyl (C=O) groups excluding carboxylic acids is 1. The summed E-state index contributed by atoms with van der Waals surface area (Å²) in [6, 6.07) is 3.74. The normalized spacial score (nSPS) is 12.5. The van der Waals surface area contributed by atoms with E-state index < -0.39 is 0 Å². The molecule has 0 aromatic carbocycles. The molecule has 0 aliphatic carbocycles. The van der Waals surface area contributed by atoms with Gasteiger partial charge in [-0.15, -0.1) is 0 Å². The molecule has 0 spiro atoms. The fraction of sp³-hybridized carbons (Fsp3) is 0.333. The van der Waals surface area contributed by atoms with E-state index in [1.165, 1.54) is 0 Å². The van der Waals surface area contributed by atoms with E-state index in [4.69, 9.17) is 0 Å². The van der Waals surface area contributed by atoms with Crippen molar-refractivity contribution < 1.29 is 4.79 Å². The SMILES string of the molecule is Cc1cc(C)n2ncc(C(=O)NC(C)Cn3cccn3)c2n1. The lowest BCUT2D eigenvalue weighted by molar-refractivity contribution is 0.0937. The second-order valence-corrected chi connectivity index (χ2v) is 5.44. The molecule has 3 aromatic rings. The number of hydrogen-bond acceptors (Lipinski definition) is 4. The number of nitrogens with zero attached hydrogens (tertiary/aromatic N) is 5. The lowest BCUT2D eigenvalue weighted by Gasteiger charge is -2.13. The van der Waals surface area contributed by atoms with Gasteiger partial charge in [-0.25, -0.2) is 9.50 Å². The van der Waals surface area contributed by atoms with Crippen molar-refractivity contribution in [1.82, 2.24) is 29.7 Å². The first-order valence-corrected chi connectivity index (χ1v) is 7.15. The summed E-state index contributed by atoms with van der Waals surface area (Å²) < 4.78 is 3.47. The maximum atomic E-state index is 12.4. The zero-order valence-corrected chi connectivity index (χ0v) is 12.8. The van der Waals surface area contributed by atoms with Crippen LogP contribution in [-0.2, 0) is 6.54 Å². The molecular formula is C15H18N6O. The van der Waals surface area contributed by atoms with Gasteiger partial charge in [0, 0.05) is 29.8 Å². The standard InChI is InChI=1S/C15H18N6O/c1-10-7-12(3)21-14(18-10)13(8-17-21)15(22)19-11(2)9-20-6-4-5-16-20/h4-8,11H,9H2,1-3H3,(H,19,22). The number of nitrogens with one attached hydrogen (secondary N) is 1. The highest BCUT2D eigenvalue weighted by Crippen LogP contribution is 2.12. The van der Waals surface area contributed by atoms with Crippen molar-refractivity contribution in [3.05, 3.63) is 47.7 Å². The summed E-state index contributed by atoms with van der Waals surface area (Å²) in [6.45, 7) is 6.40. The zero-order valence-electron chi connectivity index (χ0n) is 12.8. The van der Waals surface area contributed by atoms with Crippen molar-refractivity contribution >= 4 is 11.6 Å². The van der Waals surface area contributed by atoms with Gasteiger partial charge in [-0.2, -0.15) is 10.2 Å². The fourth-order valence-electron chi connectivity index (χ4n) is 2.47. The lowest BCUT2D eigenvalue weighted by Crippen LogP contribution is -2.35. The zero-order chi connectivity index (χ0) is 15.7. The fourth-order valence-corrected chi connectivity index (χ4v) is 2.47. The predicted octanol–water partition coefficient (Wildman–Crippen LogP) is 1.36. The first-order valence-electron chi connectivity index (χ1n) is 7.15. The van der Waals surface area contributed by atoms with Crippen LogP contribution < -0.4 is 5.32 Å². The number of aromatic nitrogens is 5. The smallest absolute Gasteiger partial charge is 0.257 e. The third-order valence-electron chi connectivity index (χ3n) is 3.42. The number of aryl methyl sites for hydroxylation is 2. The predicted molar refractivity (Wildman–Crippen MR) is 81.6 cm³/mol. The van der Waals surface area contributed by atoms with E-state index in [-0.39, 0.29) is 11.9 Å². The molecule has 0 fully saturated rings. The quantitative estimate of drug-likeness (QED) is 0.789. The lowest BCUT2D eigenvalue weighted by atomic mass is 10.2. The third-order valence-corrected chi connectivity index (χ3v) is 3.42. The number of hydrogen-bond donors (Lipinski definition) is 1. The molecule has 0 saturated heterocycles. The third kappa shape index (κ3) is 2.69. The molecule has 1 atom stereocenters. The summed E-state index contributed by atoms with van der Waals surface area (Å²) >= 11 is 0. The Morgan fingerprint density at radius 1 is 1.36 bits per heavy atom. The Morgan fingerprint density at radius 3 is 2.91 bits per heavy atom. The number of amides is 1. The summed E-state index contributed by atoms with van der Waals surface area (Å²) in [6.07, 6.45) is 5.15. The van der Waals surface area contributed by atoms with Gasteiger partial charge in [0.2, 0.25) is 0 Å². The second-order valence-electron chi connectivity index (χ2n) is 5.44. The molecule has 22 heavy (non-hydrogen) atoms. The maximum absolute atomic E-state index is 12.4. The van der Waals surface area contributed by atoms with Crippen LogP contribution in [0.2, 0.25) is 0 Å². The summed E-state index contributed by atoms with van der Waals surface area (Å²) in [5.41, 5.74) is 2.88. The van der Waals surface area contributed by atoms with Crippen molar-refractivity contribution in [3.63, 3.8) is 0 Å². The van der Waals surface area contributed by atoms with Crippen molar-refractivity contribution in [2.75, 3.05) is 0 Å². The Bertz CT molecular complexity index is 805. The number of fused-ring (bicyclic) bond motifs is 1. The highest BCUT2D eigenvalue weighted by Gasteiger charge is 2.17. The van der Waals surface area contributed by atoms with Gasteiger partial charge < -0.3 is 5.32 Å². The molecule has 0 bridgehead atoms. The highest BCUT2D eigenvalue weighted by molar-refractivity contribution is 5.99. The first kappa shape index (κ1) is 14.2. The van der Waals surface area contributed by atoms with Crippen LogP contribution in [0.25, 0.3) is 5.65 Å². The van der Waals surface area contributed by atoms with Crippen LogP contribution in [0.3, 0.4) is 0 Å². The van der Waals surface area contributed by atoms with Crippen LogP contribution in [-0.4, -0.2) is 36.3 Å². The van der Waals surface area contributed by atoms with Crippen LogP contribution in [0.15, 0.2) is 30.7 Å². The minimum absolute atomic E-state index is 0.0479. The topological polar surface area (TPSA) is 77.1 Å². The summed E-state index contributed by atoms with van der Waals surface area (Å²) in [5, 5.41) is 11.3. The second kappa shape index (κ2) is 5.59. The molecular weight excluding hydrogens is 280 g/mol. The van der Waals surface area contributed by atoms with Crippen LogP contribution in [0.5, 0.6) is 0 Å². The van der Waals surface area contributed by atoms with Gasteiger partial charge in [0.25, 0.3) is 5.91 Å². The molecule has 0 aliphatic heterocycles. The van der Waals surface area contributed by atoms with E-state index in [9.17, 15) is 4.79 Å². The molecule has 3 heterocycles. The number of rotatable bonds is 4. The summed E-state index contributed by atoms with van der Waals surface area (Å²) in [4.78, 5) is 16.9. The minimum atomic E-state index is -0.174. The Morgan fingerprint density at radius 2 is 2.18 bits per heavy atom. The number of carbonyl (C=O) groups is 1. The largest absolute Gasteiger partial charge is 0.348 e. The van der Waals surface area contributed by atoms with E-state index in [2.05, 4.69) is 20.5 Å². The average molecular weight is 298 g/mol. The molecule has 3 aromatic heterocycles. The maximum Gasteiger partial charge on any atom is 0.257 e. The van der Waals surface area contributed by atoms with Gasteiger partial charge in [-0.05, 0) is 32.9 Å². The van der Waals surface area contributed by atoms with Crippen molar-refractivity contribution in [1.29, 1.82) is 0 Å². The summed E-state index contributed by atoms with van der Waals surface area (Å²) in [5.74, 6) is -0.174. The monoisotopic (exact) mass is 298 g/mol. The van der Waals surface area contributed by atoms with E-state index >= 15 is 0 Å². The molecule has 0 radical (unpaired) electrons. The summed E-state index contributed by atoms with van der Waals surface area (Å²) in [7, 11) is 0. The molecule has 3 rings (SSSR count). The van der Waals surface area contributed by atoms with E-state index in [1.807, 2.05) is 39.1 Å². The Hall–Kier alpha value is -2.70.